The zero-order valence-electron chi connectivity index (χ0n) is 22.1. The molecule has 0 aromatic heterocycles. The van der Waals surface area contributed by atoms with Crippen LogP contribution in [-0.2, 0) is 4.79 Å². The average molecular weight is 517 g/mol. The molecule has 4 aliphatic carbocycles. The number of halogens is 1. The first kappa shape index (κ1) is 27.4. The molecule has 5 rings (SSSR count). The quantitative estimate of drug-likeness (QED) is 0.156. The molecule has 4 aliphatic rings. The molecule has 0 heterocycles. The number of hydroxylamine groups is 1. The van der Waals surface area contributed by atoms with Crippen LogP contribution in [0.3, 0.4) is 0 Å². The Bertz CT molecular complexity index is 1010. The van der Waals surface area contributed by atoms with E-state index >= 15 is 0 Å². The molecule has 0 saturated heterocycles. The van der Waals surface area contributed by atoms with E-state index in [-0.39, 0.29) is 45.5 Å². The van der Waals surface area contributed by atoms with E-state index in [9.17, 15) is 18.8 Å². The van der Waals surface area contributed by atoms with Crippen molar-refractivity contribution < 1.29 is 24.0 Å². The minimum Gasteiger partial charge on any atom is -0.352 e. The second kappa shape index (κ2) is 11.0. The summed E-state index contributed by atoms with van der Waals surface area (Å²) >= 11 is 0. The Labute approximate surface area is 218 Å². The van der Waals surface area contributed by atoms with Gasteiger partial charge in [-0.05, 0) is 86.3 Å². The molecule has 1 aromatic rings. The second-order valence-electron chi connectivity index (χ2n) is 12.5. The molecular formula is C28H41FN4O4. The van der Waals surface area contributed by atoms with Gasteiger partial charge in [-0.2, -0.15) is 0 Å². The Morgan fingerprint density at radius 2 is 1.65 bits per heavy atom. The molecular weight excluding hydrogens is 475 g/mol. The fraction of sp³-hybridized carbons (Fsp3) is 0.679. The van der Waals surface area contributed by atoms with E-state index < -0.39 is 5.82 Å². The highest BCUT2D eigenvalue weighted by Crippen LogP contribution is 2.66. The van der Waals surface area contributed by atoms with Crippen LogP contribution in [-0.4, -0.2) is 35.1 Å². The molecule has 8 nitrogen and oxygen atoms in total. The van der Waals surface area contributed by atoms with Gasteiger partial charge in [-0.15, -0.1) is 0 Å². The number of hydrogen-bond donors (Lipinski definition) is 5. The van der Waals surface area contributed by atoms with Crippen LogP contribution >= 0.6 is 0 Å². The van der Waals surface area contributed by atoms with Gasteiger partial charge >= 0.3 is 6.03 Å². The summed E-state index contributed by atoms with van der Waals surface area (Å²) in [6, 6.07) is 3.73. The molecule has 204 valence electrons. The van der Waals surface area contributed by atoms with Gasteiger partial charge in [0, 0.05) is 24.1 Å². The van der Waals surface area contributed by atoms with E-state index in [1.165, 1.54) is 31.4 Å². The summed E-state index contributed by atoms with van der Waals surface area (Å²) in [6.07, 6.45) is 11.1. The maximum atomic E-state index is 14.8. The van der Waals surface area contributed by atoms with E-state index in [1.807, 2.05) is 0 Å². The zero-order valence-corrected chi connectivity index (χ0v) is 22.1. The Balaban J connectivity index is 1.21. The van der Waals surface area contributed by atoms with Crippen molar-refractivity contribution >= 4 is 23.5 Å². The lowest BCUT2D eigenvalue weighted by atomic mass is 9.43. The molecule has 9 heteroatoms. The van der Waals surface area contributed by atoms with Crippen molar-refractivity contribution in [3.8, 4) is 0 Å². The zero-order chi connectivity index (χ0) is 26.7. The topological polar surface area (TPSA) is 120 Å². The number of hydrogen-bond acceptors (Lipinski definition) is 4. The van der Waals surface area contributed by atoms with Crippen molar-refractivity contribution in [1.29, 1.82) is 0 Å². The monoisotopic (exact) mass is 516 g/mol. The number of benzene rings is 1. The fourth-order valence-electron chi connectivity index (χ4n) is 8.04. The van der Waals surface area contributed by atoms with Gasteiger partial charge in [0.15, 0.2) is 0 Å². The molecule has 4 fully saturated rings. The standard InChI is InChI=1S/C28H41FN4O4/c1-26-13-19-14-27(2,16-26)18-28(15-19,17-26)32-25(36)31-22-10-9-20(12-21(22)29)24(35)30-11-7-5-3-4-6-8-23(34)33-37/h9-10,12,19,37H,3-8,11,13-18H2,1-2H3,(H,30,35)(H,33,34)(H2,31,32,36)/t19?,26-,27+,28?. The largest absolute Gasteiger partial charge is 0.352 e. The van der Waals surface area contributed by atoms with Crippen molar-refractivity contribution in [1.82, 2.24) is 16.1 Å². The fourth-order valence-corrected chi connectivity index (χ4v) is 8.04. The van der Waals surface area contributed by atoms with E-state index in [4.69, 9.17) is 5.21 Å². The predicted octanol–water partition coefficient (Wildman–Crippen LogP) is 5.27. The summed E-state index contributed by atoms with van der Waals surface area (Å²) in [5, 5.41) is 17.1. The van der Waals surface area contributed by atoms with Crippen LogP contribution in [0, 0.1) is 22.6 Å². The number of unbranched alkanes of at least 4 members (excludes halogenated alkanes) is 4. The Morgan fingerprint density at radius 3 is 2.30 bits per heavy atom. The third-order valence-electron chi connectivity index (χ3n) is 8.48. The molecule has 5 N–H and O–H groups in total. The van der Waals surface area contributed by atoms with Crippen molar-refractivity contribution in [2.75, 3.05) is 11.9 Å². The molecule has 0 radical (unpaired) electrons. The molecule has 0 spiro atoms. The molecule has 2 unspecified atom stereocenters. The Hall–Kier alpha value is -2.68. The minimum atomic E-state index is -0.640. The third-order valence-corrected chi connectivity index (χ3v) is 8.48. The molecule has 37 heavy (non-hydrogen) atoms. The van der Waals surface area contributed by atoms with Gasteiger partial charge in [-0.1, -0.05) is 33.1 Å². The molecule has 4 saturated carbocycles. The molecule has 4 amide bonds. The first-order valence-electron chi connectivity index (χ1n) is 13.6. The summed E-state index contributed by atoms with van der Waals surface area (Å²) < 4.78 is 14.8. The number of rotatable bonds is 11. The number of amides is 4. The van der Waals surface area contributed by atoms with Gasteiger partial charge in [0.25, 0.3) is 5.91 Å². The molecule has 4 bridgehead atoms. The van der Waals surface area contributed by atoms with Crippen LogP contribution in [0.1, 0.15) is 101 Å². The minimum absolute atomic E-state index is 0.0612. The van der Waals surface area contributed by atoms with Crippen LogP contribution in [0.4, 0.5) is 14.9 Å². The van der Waals surface area contributed by atoms with Crippen molar-refractivity contribution in [3.63, 3.8) is 0 Å². The first-order chi connectivity index (χ1) is 17.5. The lowest BCUT2D eigenvalue weighted by Gasteiger charge is -2.65. The van der Waals surface area contributed by atoms with E-state index in [0.717, 1.165) is 51.0 Å². The highest BCUT2D eigenvalue weighted by Gasteiger charge is 2.60. The lowest BCUT2D eigenvalue weighted by molar-refractivity contribution is -0.129. The molecule has 4 atom stereocenters. The van der Waals surface area contributed by atoms with Gasteiger partial charge in [-0.3, -0.25) is 14.8 Å². The number of nitrogens with one attached hydrogen (secondary N) is 4. The van der Waals surface area contributed by atoms with Gasteiger partial charge in [0.2, 0.25) is 5.91 Å². The second-order valence-corrected chi connectivity index (χ2v) is 12.5. The normalized spacial score (nSPS) is 29.6. The summed E-state index contributed by atoms with van der Waals surface area (Å²) in [7, 11) is 0. The van der Waals surface area contributed by atoms with E-state index in [2.05, 4.69) is 29.8 Å². The highest BCUT2D eigenvalue weighted by atomic mass is 19.1. The van der Waals surface area contributed by atoms with Crippen LogP contribution in [0.5, 0.6) is 0 Å². The predicted molar refractivity (Wildman–Crippen MR) is 139 cm³/mol. The number of urea groups is 1. The molecule has 1 aromatic carbocycles. The van der Waals surface area contributed by atoms with Gasteiger partial charge < -0.3 is 16.0 Å². The average Bonchev–Trinajstić information content (AvgIpc) is 2.78. The van der Waals surface area contributed by atoms with Crippen molar-refractivity contribution in [3.05, 3.63) is 29.6 Å². The SMILES string of the molecule is C[C@]12CC3CC(NC(=O)Nc4ccc(C(=O)NCCCCCCCC(=O)NO)cc4F)(C1)C[C@@](C)(C3)C2. The maximum Gasteiger partial charge on any atom is 0.319 e. The van der Waals surface area contributed by atoms with Crippen molar-refractivity contribution in [2.24, 2.45) is 16.7 Å². The summed E-state index contributed by atoms with van der Waals surface area (Å²) in [4.78, 5) is 36.2. The van der Waals surface area contributed by atoms with Gasteiger partial charge in [0.05, 0.1) is 5.69 Å². The Morgan fingerprint density at radius 1 is 0.973 bits per heavy atom. The number of carbonyl (C=O) groups is 3. The summed E-state index contributed by atoms with van der Waals surface area (Å²) in [5.74, 6) is -0.738. The maximum absolute atomic E-state index is 14.8. The smallest absolute Gasteiger partial charge is 0.319 e. The van der Waals surface area contributed by atoms with Gasteiger partial charge in [-0.25, -0.2) is 14.7 Å². The number of anilines is 1. The van der Waals surface area contributed by atoms with Crippen LogP contribution in [0.25, 0.3) is 0 Å². The van der Waals surface area contributed by atoms with Crippen molar-refractivity contribution in [2.45, 2.75) is 96.4 Å². The van der Waals surface area contributed by atoms with Gasteiger partial charge in [0.1, 0.15) is 5.82 Å². The third kappa shape index (κ3) is 6.80. The number of carbonyl (C=O) groups excluding carboxylic acids is 3. The van der Waals surface area contributed by atoms with E-state index in [0.29, 0.717) is 25.3 Å². The highest BCUT2D eigenvalue weighted by molar-refractivity contribution is 5.95. The first-order valence-corrected chi connectivity index (χ1v) is 13.6. The Kier molecular flexibility index (Phi) is 8.11. The lowest BCUT2D eigenvalue weighted by Crippen LogP contribution is -2.65. The van der Waals surface area contributed by atoms with Crippen LogP contribution in [0.2, 0.25) is 0 Å². The van der Waals surface area contributed by atoms with Crippen LogP contribution in [0.15, 0.2) is 18.2 Å². The molecule has 0 aliphatic heterocycles. The van der Waals surface area contributed by atoms with Crippen LogP contribution < -0.4 is 21.4 Å². The van der Waals surface area contributed by atoms with E-state index in [1.54, 1.807) is 5.48 Å². The summed E-state index contributed by atoms with van der Waals surface area (Å²) in [6.45, 7) is 5.16. The summed E-state index contributed by atoms with van der Waals surface area (Å²) in [5.41, 5.74) is 2.19.